The van der Waals surface area contributed by atoms with E-state index in [1.807, 2.05) is 30.3 Å². The Morgan fingerprint density at radius 1 is 1.14 bits per heavy atom. The Balaban J connectivity index is 1.43. The Hall–Kier alpha value is -2.73. The van der Waals surface area contributed by atoms with Crippen molar-refractivity contribution in [2.45, 2.75) is 44.4 Å². The van der Waals surface area contributed by atoms with Crippen molar-refractivity contribution in [3.8, 4) is 5.88 Å². The van der Waals surface area contributed by atoms with E-state index in [1.165, 1.54) is 0 Å². The van der Waals surface area contributed by atoms with Gasteiger partial charge in [-0.2, -0.15) is 0 Å². The minimum Gasteiger partial charge on any atom is -0.474 e. The van der Waals surface area contributed by atoms with Gasteiger partial charge in [-0.05, 0) is 36.6 Å². The Morgan fingerprint density at radius 3 is 2.82 bits per heavy atom. The molecule has 0 radical (unpaired) electrons. The van der Waals surface area contributed by atoms with Crippen LogP contribution >= 0.6 is 0 Å². The standard InChI is InChI=1S/C22H23N3O3/c26-21(25-17-4-5-17)15-3-1-2-14(12-15)20-19-16(13-24-20)6-9-23-22(19)28-18-7-10-27-11-8-18/h1-3,6,9,12,17-18H,4-5,7-8,10-11,13H2,(H,25,26). The van der Waals surface area contributed by atoms with E-state index in [2.05, 4.69) is 10.3 Å². The number of carbonyl (C=O) groups is 1. The third-order valence-corrected chi connectivity index (χ3v) is 5.40. The number of pyridine rings is 1. The predicted molar refractivity (Wildman–Crippen MR) is 105 cm³/mol. The molecule has 2 aliphatic heterocycles. The maximum Gasteiger partial charge on any atom is 0.251 e. The summed E-state index contributed by atoms with van der Waals surface area (Å²) >= 11 is 0. The minimum absolute atomic E-state index is 0.0203. The first-order valence-electron chi connectivity index (χ1n) is 9.96. The summed E-state index contributed by atoms with van der Waals surface area (Å²) in [6.07, 6.45) is 5.79. The summed E-state index contributed by atoms with van der Waals surface area (Å²) < 4.78 is 11.7. The quantitative estimate of drug-likeness (QED) is 0.870. The lowest BCUT2D eigenvalue weighted by molar-refractivity contribution is 0.0236. The second-order valence-electron chi connectivity index (χ2n) is 7.57. The van der Waals surface area contributed by atoms with Gasteiger partial charge in [-0.15, -0.1) is 0 Å². The van der Waals surface area contributed by atoms with Crippen LogP contribution in [0.3, 0.4) is 0 Å². The van der Waals surface area contributed by atoms with E-state index in [0.29, 0.717) is 24.0 Å². The van der Waals surface area contributed by atoms with Gasteiger partial charge in [0.05, 0.1) is 31.0 Å². The first kappa shape index (κ1) is 17.4. The highest BCUT2D eigenvalue weighted by Gasteiger charge is 2.27. The number of hydrogen-bond acceptors (Lipinski definition) is 5. The van der Waals surface area contributed by atoms with E-state index >= 15 is 0 Å². The second-order valence-corrected chi connectivity index (χ2v) is 7.57. The minimum atomic E-state index is -0.0203. The summed E-state index contributed by atoms with van der Waals surface area (Å²) in [6.45, 7) is 2.05. The maximum atomic E-state index is 12.4. The van der Waals surface area contributed by atoms with Gasteiger partial charge in [0, 0.05) is 36.2 Å². The van der Waals surface area contributed by atoms with Crippen LogP contribution in [0.4, 0.5) is 0 Å². The Labute approximate surface area is 164 Å². The van der Waals surface area contributed by atoms with E-state index in [-0.39, 0.29) is 12.0 Å². The van der Waals surface area contributed by atoms with Gasteiger partial charge in [0.1, 0.15) is 6.10 Å². The van der Waals surface area contributed by atoms with Gasteiger partial charge in [0.15, 0.2) is 0 Å². The number of aliphatic imine (C=N–C) groups is 1. The Bertz CT molecular complexity index is 930. The van der Waals surface area contributed by atoms with E-state index < -0.39 is 0 Å². The summed E-state index contributed by atoms with van der Waals surface area (Å²) in [6, 6.07) is 9.99. The topological polar surface area (TPSA) is 72.8 Å². The number of nitrogens with zero attached hydrogens (tertiary/aromatic N) is 2. The molecular formula is C22H23N3O3. The van der Waals surface area contributed by atoms with Crippen LogP contribution in [0.25, 0.3) is 0 Å². The molecule has 1 aromatic carbocycles. The van der Waals surface area contributed by atoms with Crippen molar-refractivity contribution in [3.05, 3.63) is 58.8 Å². The van der Waals surface area contributed by atoms with Crippen LogP contribution in [0.1, 0.15) is 52.7 Å². The van der Waals surface area contributed by atoms with Crippen molar-refractivity contribution in [2.75, 3.05) is 13.2 Å². The highest BCUT2D eigenvalue weighted by Crippen LogP contribution is 2.31. The molecule has 1 aromatic heterocycles. The lowest BCUT2D eigenvalue weighted by atomic mass is 9.99. The number of aromatic nitrogens is 1. The van der Waals surface area contributed by atoms with Crippen molar-refractivity contribution in [2.24, 2.45) is 4.99 Å². The molecule has 2 fully saturated rings. The van der Waals surface area contributed by atoms with Crippen molar-refractivity contribution >= 4 is 11.6 Å². The van der Waals surface area contributed by atoms with E-state index in [9.17, 15) is 4.79 Å². The first-order chi connectivity index (χ1) is 13.8. The fourth-order valence-electron chi connectivity index (χ4n) is 3.69. The van der Waals surface area contributed by atoms with Crippen LogP contribution in [-0.2, 0) is 11.3 Å². The predicted octanol–water partition coefficient (Wildman–Crippen LogP) is 2.88. The largest absolute Gasteiger partial charge is 0.474 e. The van der Waals surface area contributed by atoms with Gasteiger partial charge < -0.3 is 14.8 Å². The lowest BCUT2D eigenvalue weighted by Crippen LogP contribution is -2.27. The molecule has 1 aliphatic carbocycles. The molecule has 1 N–H and O–H groups in total. The summed E-state index contributed by atoms with van der Waals surface area (Å²) in [7, 11) is 0. The molecule has 3 aliphatic rings. The summed E-state index contributed by atoms with van der Waals surface area (Å²) in [4.78, 5) is 21.7. The van der Waals surface area contributed by atoms with Crippen LogP contribution in [-0.4, -0.2) is 42.0 Å². The van der Waals surface area contributed by atoms with Crippen LogP contribution in [0.15, 0.2) is 41.5 Å². The Kier molecular flexibility index (Phi) is 4.56. The van der Waals surface area contributed by atoms with Crippen LogP contribution in [0, 0.1) is 0 Å². The lowest BCUT2D eigenvalue weighted by Gasteiger charge is -2.24. The monoisotopic (exact) mass is 377 g/mol. The normalized spacial score (nSPS) is 19.1. The molecule has 5 rings (SSSR count). The van der Waals surface area contributed by atoms with Crippen LogP contribution < -0.4 is 10.1 Å². The third-order valence-electron chi connectivity index (χ3n) is 5.40. The third kappa shape index (κ3) is 3.52. The number of ether oxygens (including phenoxy) is 2. The molecule has 28 heavy (non-hydrogen) atoms. The van der Waals surface area contributed by atoms with E-state index in [1.54, 1.807) is 6.20 Å². The number of benzene rings is 1. The first-order valence-corrected chi connectivity index (χ1v) is 9.96. The zero-order valence-corrected chi connectivity index (χ0v) is 15.7. The molecule has 1 amide bonds. The number of carbonyl (C=O) groups excluding carboxylic acids is 1. The van der Waals surface area contributed by atoms with Crippen molar-refractivity contribution in [1.29, 1.82) is 0 Å². The maximum absolute atomic E-state index is 12.4. The number of rotatable bonds is 5. The smallest absolute Gasteiger partial charge is 0.251 e. The van der Waals surface area contributed by atoms with Gasteiger partial charge >= 0.3 is 0 Å². The fraction of sp³-hybridized carbons (Fsp3) is 0.409. The van der Waals surface area contributed by atoms with Gasteiger partial charge in [0.2, 0.25) is 5.88 Å². The number of nitrogens with one attached hydrogen (secondary N) is 1. The van der Waals surface area contributed by atoms with Crippen LogP contribution in [0.2, 0.25) is 0 Å². The van der Waals surface area contributed by atoms with E-state index in [4.69, 9.17) is 14.5 Å². The summed E-state index contributed by atoms with van der Waals surface area (Å²) in [5, 5.41) is 3.04. The fourth-order valence-corrected chi connectivity index (χ4v) is 3.69. The highest BCUT2D eigenvalue weighted by atomic mass is 16.5. The summed E-state index contributed by atoms with van der Waals surface area (Å²) in [5.41, 5.74) is 4.50. The average Bonchev–Trinajstić information content (AvgIpc) is 3.44. The van der Waals surface area contributed by atoms with Crippen molar-refractivity contribution < 1.29 is 14.3 Å². The molecular weight excluding hydrogens is 354 g/mol. The number of amides is 1. The number of hydrogen-bond donors (Lipinski definition) is 1. The van der Waals surface area contributed by atoms with Gasteiger partial charge in [-0.25, -0.2) is 4.98 Å². The van der Waals surface area contributed by atoms with Crippen molar-refractivity contribution in [1.82, 2.24) is 10.3 Å². The molecule has 3 heterocycles. The molecule has 2 aromatic rings. The SMILES string of the molecule is O=C(NC1CC1)c1cccc(C2=NCc3ccnc(OC4CCOCC4)c32)c1. The highest BCUT2D eigenvalue weighted by molar-refractivity contribution is 6.17. The number of fused-ring (bicyclic) bond motifs is 1. The zero-order chi connectivity index (χ0) is 18.9. The molecule has 0 unspecified atom stereocenters. The van der Waals surface area contributed by atoms with E-state index in [0.717, 1.165) is 61.3 Å². The molecule has 0 bridgehead atoms. The molecule has 0 spiro atoms. The van der Waals surface area contributed by atoms with Crippen LogP contribution in [0.5, 0.6) is 5.88 Å². The van der Waals surface area contributed by atoms with Crippen molar-refractivity contribution in [3.63, 3.8) is 0 Å². The van der Waals surface area contributed by atoms with Gasteiger partial charge in [0.25, 0.3) is 5.91 Å². The average molecular weight is 377 g/mol. The molecule has 144 valence electrons. The molecule has 1 saturated heterocycles. The molecule has 0 atom stereocenters. The molecule has 1 saturated carbocycles. The van der Waals surface area contributed by atoms with Gasteiger partial charge in [-0.1, -0.05) is 12.1 Å². The Morgan fingerprint density at radius 2 is 2.00 bits per heavy atom. The van der Waals surface area contributed by atoms with Gasteiger partial charge in [-0.3, -0.25) is 9.79 Å². The molecule has 6 heteroatoms. The summed E-state index contributed by atoms with van der Waals surface area (Å²) in [5.74, 6) is 0.613. The second kappa shape index (κ2) is 7.36. The zero-order valence-electron chi connectivity index (χ0n) is 15.7. The molecule has 6 nitrogen and oxygen atoms in total.